The zero-order valence-electron chi connectivity index (χ0n) is 22.4. The first-order chi connectivity index (χ1) is 15.1. The molecule has 6 nitrogen and oxygen atoms in total. The molecule has 1 N–H and O–H groups in total. The van der Waals surface area contributed by atoms with Gasteiger partial charge in [0, 0.05) is 5.41 Å². The van der Waals surface area contributed by atoms with Gasteiger partial charge in [0.15, 0.2) is 8.32 Å². The van der Waals surface area contributed by atoms with Crippen molar-refractivity contribution in [2.24, 2.45) is 16.7 Å². The number of rotatable bonds is 7. The van der Waals surface area contributed by atoms with E-state index in [4.69, 9.17) is 9.16 Å². The highest BCUT2D eigenvalue weighted by molar-refractivity contribution is 7.89. The molecule has 194 valence electrons. The third-order valence-corrected chi connectivity index (χ3v) is 15.2. The SMILES string of the molecule is C1CCCCC1.CNS(=O)(=O)CC12CCC(CC1OC(=O)CO[Si](C)(C)C(C)(C)C)C2(C)C. The molecule has 0 spiro atoms. The minimum Gasteiger partial charge on any atom is -0.460 e. The number of ether oxygens (including phenoxy) is 1. The second kappa shape index (κ2) is 10.7. The summed E-state index contributed by atoms with van der Waals surface area (Å²) in [7, 11) is -4.01. The van der Waals surface area contributed by atoms with Crippen LogP contribution in [0.2, 0.25) is 18.1 Å². The molecule has 0 radical (unpaired) electrons. The summed E-state index contributed by atoms with van der Waals surface area (Å²) in [5.74, 6) is -0.000756. The van der Waals surface area contributed by atoms with E-state index in [1.54, 1.807) is 0 Å². The Morgan fingerprint density at radius 2 is 1.58 bits per heavy atom. The molecule has 3 atom stereocenters. The summed E-state index contributed by atoms with van der Waals surface area (Å²) in [4.78, 5) is 12.5. The molecule has 0 saturated heterocycles. The highest BCUT2D eigenvalue weighted by Crippen LogP contribution is 2.66. The molecule has 3 fully saturated rings. The molecule has 0 aromatic carbocycles. The Morgan fingerprint density at radius 3 is 2.00 bits per heavy atom. The van der Waals surface area contributed by atoms with Gasteiger partial charge in [0.1, 0.15) is 12.7 Å². The van der Waals surface area contributed by atoms with Crippen LogP contribution in [0.3, 0.4) is 0 Å². The van der Waals surface area contributed by atoms with Crippen molar-refractivity contribution >= 4 is 24.3 Å². The van der Waals surface area contributed by atoms with Crippen LogP contribution in [0.25, 0.3) is 0 Å². The number of sulfonamides is 1. The van der Waals surface area contributed by atoms with Gasteiger partial charge in [-0.25, -0.2) is 17.9 Å². The average molecular weight is 504 g/mol. The van der Waals surface area contributed by atoms with Gasteiger partial charge in [-0.2, -0.15) is 0 Å². The van der Waals surface area contributed by atoms with Crippen molar-refractivity contribution in [2.45, 2.75) is 117 Å². The molecule has 3 aliphatic rings. The van der Waals surface area contributed by atoms with Crippen LogP contribution in [0.1, 0.15) is 92.4 Å². The number of hydrogen-bond donors (Lipinski definition) is 1. The summed E-state index contributed by atoms with van der Waals surface area (Å²) in [5, 5.41) is 0.0177. The first-order valence-electron chi connectivity index (χ1n) is 12.8. The van der Waals surface area contributed by atoms with E-state index in [-0.39, 0.29) is 34.9 Å². The summed E-state index contributed by atoms with van der Waals surface area (Å²) in [6.07, 6.45) is 11.1. The summed E-state index contributed by atoms with van der Waals surface area (Å²) in [6.45, 7) is 14.8. The van der Waals surface area contributed by atoms with E-state index in [9.17, 15) is 13.2 Å². The Hall–Kier alpha value is -0.443. The first kappa shape index (κ1) is 28.8. The van der Waals surface area contributed by atoms with Gasteiger partial charge in [0.25, 0.3) is 0 Å². The van der Waals surface area contributed by atoms with E-state index in [2.05, 4.69) is 52.4 Å². The average Bonchev–Trinajstić information content (AvgIpc) is 3.08. The zero-order valence-corrected chi connectivity index (χ0v) is 24.2. The Bertz CT molecular complexity index is 759. The van der Waals surface area contributed by atoms with Crippen molar-refractivity contribution in [3.05, 3.63) is 0 Å². The molecule has 3 saturated carbocycles. The topological polar surface area (TPSA) is 81.7 Å². The lowest BCUT2D eigenvalue weighted by molar-refractivity contribution is -0.159. The van der Waals surface area contributed by atoms with Crippen LogP contribution in [0, 0.1) is 16.7 Å². The van der Waals surface area contributed by atoms with Crippen LogP contribution < -0.4 is 4.72 Å². The van der Waals surface area contributed by atoms with Crippen LogP contribution in [0.5, 0.6) is 0 Å². The molecule has 3 aliphatic carbocycles. The quantitative estimate of drug-likeness (QED) is 0.359. The molecule has 0 heterocycles. The number of nitrogens with one attached hydrogen (secondary N) is 1. The van der Waals surface area contributed by atoms with Crippen LogP contribution in [-0.2, 0) is 24.0 Å². The summed E-state index contributed by atoms with van der Waals surface area (Å²) >= 11 is 0. The van der Waals surface area contributed by atoms with E-state index in [0.717, 1.165) is 19.3 Å². The smallest absolute Gasteiger partial charge is 0.331 e. The van der Waals surface area contributed by atoms with Gasteiger partial charge in [-0.05, 0) is 55.8 Å². The predicted molar refractivity (Wildman–Crippen MR) is 137 cm³/mol. The summed E-state index contributed by atoms with van der Waals surface area (Å²) in [6, 6.07) is 0. The lowest BCUT2D eigenvalue weighted by atomic mass is 9.69. The lowest BCUT2D eigenvalue weighted by Crippen LogP contribution is -2.48. The molecule has 33 heavy (non-hydrogen) atoms. The van der Waals surface area contributed by atoms with Crippen LogP contribution >= 0.6 is 0 Å². The largest absolute Gasteiger partial charge is 0.460 e. The van der Waals surface area contributed by atoms with E-state index in [1.165, 1.54) is 45.6 Å². The second-order valence-corrected chi connectivity index (χ2v) is 19.2. The maximum absolute atomic E-state index is 12.5. The number of carbonyl (C=O) groups is 1. The first-order valence-corrected chi connectivity index (χ1v) is 17.4. The molecular weight excluding hydrogens is 454 g/mol. The van der Waals surface area contributed by atoms with Gasteiger partial charge in [-0.3, -0.25) is 0 Å². The third-order valence-electron chi connectivity index (χ3n) is 9.25. The van der Waals surface area contributed by atoms with Gasteiger partial charge in [-0.15, -0.1) is 0 Å². The van der Waals surface area contributed by atoms with E-state index in [1.807, 2.05) is 0 Å². The van der Waals surface area contributed by atoms with Crippen LogP contribution in [0.4, 0.5) is 0 Å². The van der Waals surface area contributed by atoms with E-state index < -0.39 is 23.8 Å². The standard InChI is InChI=1S/C19H37NO5SSi.C6H12/c1-17(2,3)27(7,8)24-12-16(21)25-15-11-14-9-10-19(15,18(14,4)5)13-26(22,23)20-6;1-2-4-6-5-3-1/h14-15,20H,9-13H2,1-8H3;1-6H2. The van der Waals surface area contributed by atoms with Crippen molar-refractivity contribution in [2.75, 3.05) is 19.4 Å². The van der Waals surface area contributed by atoms with Crippen molar-refractivity contribution in [1.29, 1.82) is 0 Å². The molecule has 0 aromatic rings. The van der Waals surface area contributed by atoms with Gasteiger partial charge >= 0.3 is 5.97 Å². The Balaban J connectivity index is 0.000000554. The fourth-order valence-corrected chi connectivity index (χ4v) is 8.06. The predicted octanol–water partition coefficient (Wildman–Crippen LogP) is 5.64. The normalized spacial score (nSPS) is 29.3. The van der Waals surface area contributed by atoms with E-state index in [0.29, 0.717) is 5.92 Å². The Labute approximate surface area is 204 Å². The van der Waals surface area contributed by atoms with Crippen molar-refractivity contribution < 1.29 is 22.4 Å². The molecule has 3 unspecified atom stereocenters. The fourth-order valence-electron chi connectivity index (χ4n) is 5.63. The van der Waals surface area contributed by atoms with Crippen molar-refractivity contribution in [3.8, 4) is 0 Å². The molecule has 0 amide bonds. The van der Waals surface area contributed by atoms with Gasteiger partial charge < -0.3 is 9.16 Å². The lowest BCUT2D eigenvalue weighted by Gasteiger charge is -2.41. The highest BCUT2D eigenvalue weighted by atomic mass is 32.2. The van der Waals surface area contributed by atoms with Crippen LogP contribution in [-0.4, -0.2) is 48.2 Å². The molecule has 0 aromatic heterocycles. The Morgan fingerprint density at radius 1 is 1.06 bits per heavy atom. The highest BCUT2D eigenvalue weighted by Gasteiger charge is 2.66. The van der Waals surface area contributed by atoms with Crippen molar-refractivity contribution in [1.82, 2.24) is 4.72 Å². The number of carbonyl (C=O) groups excluding carboxylic acids is 1. The van der Waals surface area contributed by atoms with Crippen molar-refractivity contribution in [3.63, 3.8) is 0 Å². The monoisotopic (exact) mass is 503 g/mol. The maximum Gasteiger partial charge on any atom is 0.331 e. The van der Waals surface area contributed by atoms with Gasteiger partial charge in [-0.1, -0.05) is 73.1 Å². The Kier molecular flexibility index (Phi) is 9.31. The molecular formula is C25H49NO5SSi. The van der Waals surface area contributed by atoms with E-state index >= 15 is 0 Å². The maximum atomic E-state index is 12.5. The second-order valence-electron chi connectivity index (χ2n) is 12.5. The molecule has 0 aliphatic heterocycles. The van der Waals surface area contributed by atoms with Gasteiger partial charge in [0.05, 0.1) is 5.75 Å². The minimum absolute atomic E-state index is 0.00103. The summed E-state index contributed by atoms with van der Waals surface area (Å²) in [5.41, 5.74) is -0.714. The zero-order chi connectivity index (χ0) is 25.1. The summed E-state index contributed by atoms with van der Waals surface area (Å²) < 4.78 is 39.0. The third kappa shape index (κ3) is 6.61. The van der Waals surface area contributed by atoms with Crippen LogP contribution in [0.15, 0.2) is 0 Å². The number of fused-ring (bicyclic) bond motifs is 2. The minimum atomic E-state index is -3.41. The number of hydrogen-bond acceptors (Lipinski definition) is 5. The fraction of sp³-hybridized carbons (Fsp3) is 0.960. The van der Waals surface area contributed by atoms with Gasteiger partial charge in [0.2, 0.25) is 10.0 Å². The molecule has 2 bridgehead atoms. The molecule has 8 heteroatoms. The molecule has 3 rings (SSSR count). The number of esters is 1.